The molecule has 0 saturated heterocycles. The topological polar surface area (TPSA) is 24.9 Å². The second kappa shape index (κ2) is 5.29. The van der Waals surface area contributed by atoms with E-state index in [1.165, 1.54) is 5.01 Å². The average molecular weight is 281 g/mol. The maximum Gasteiger partial charge on any atom is 0.0982 e. The van der Waals surface area contributed by atoms with E-state index < -0.39 is 0 Å². The number of halogens is 1. The fourth-order valence-corrected chi connectivity index (χ4v) is 2.63. The molecule has 1 aromatic carbocycles. The van der Waals surface area contributed by atoms with Crippen molar-refractivity contribution in [3.8, 4) is 0 Å². The fourth-order valence-electron chi connectivity index (χ4n) is 1.52. The third-order valence-corrected chi connectivity index (χ3v) is 4.17. The summed E-state index contributed by atoms with van der Waals surface area (Å²) in [5.74, 6) is 0. The molecule has 96 valence electrons. The van der Waals surface area contributed by atoms with Gasteiger partial charge in [-0.25, -0.2) is 4.98 Å². The molecular formula is C14H17ClN2S. The van der Waals surface area contributed by atoms with E-state index in [9.17, 15) is 0 Å². The van der Waals surface area contributed by atoms with Gasteiger partial charge in [-0.3, -0.25) is 0 Å². The van der Waals surface area contributed by atoms with Crippen LogP contribution in [0.2, 0.25) is 5.02 Å². The van der Waals surface area contributed by atoms with Crippen LogP contribution in [-0.4, -0.2) is 4.98 Å². The summed E-state index contributed by atoms with van der Waals surface area (Å²) in [7, 11) is 0. The van der Waals surface area contributed by atoms with Crippen LogP contribution < -0.4 is 5.32 Å². The normalized spacial score (nSPS) is 11.6. The largest absolute Gasteiger partial charge is 0.378 e. The van der Waals surface area contributed by atoms with Crippen LogP contribution in [0.15, 0.2) is 29.6 Å². The predicted octanol–water partition coefficient (Wildman–Crippen LogP) is 4.71. The van der Waals surface area contributed by atoms with Gasteiger partial charge in [0.05, 0.1) is 28.0 Å². The molecule has 0 saturated carbocycles. The Bertz CT molecular complexity index is 529. The molecule has 0 atom stereocenters. The van der Waals surface area contributed by atoms with Crippen LogP contribution in [0.25, 0.3) is 0 Å². The number of nitrogens with one attached hydrogen (secondary N) is 1. The van der Waals surface area contributed by atoms with Gasteiger partial charge in [0.25, 0.3) is 0 Å². The van der Waals surface area contributed by atoms with E-state index in [2.05, 4.69) is 36.5 Å². The van der Waals surface area contributed by atoms with Crippen molar-refractivity contribution in [2.45, 2.75) is 32.7 Å². The van der Waals surface area contributed by atoms with Crippen molar-refractivity contribution in [3.63, 3.8) is 0 Å². The summed E-state index contributed by atoms with van der Waals surface area (Å²) >= 11 is 7.80. The quantitative estimate of drug-likeness (QED) is 0.881. The highest BCUT2D eigenvalue weighted by Crippen LogP contribution is 2.26. The minimum atomic E-state index is 0.118. The smallest absolute Gasteiger partial charge is 0.0982 e. The fraction of sp³-hybridized carbons (Fsp3) is 0.357. The Labute approximate surface area is 117 Å². The molecule has 1 N–H and O–H groups in total. The number of nitrogens with zero attached hydrogens (tertiary/aromatic N) is 1. The summed E-state index contributed by atoms with van der Waals surface area (Å²) in [5.41, 5.74) is 2.13. The van der Waals surface area contributed by atoms with Crippen LogP contribution in [0.3, 0.4) is 0 Å². The maximum atomic E-state index is 6.09. The minimum Gasteiger partial charge on any atom is -0.378 e. The van der Waals surface area contributed by atoms with Crippen LogP contribution in [0, 0.1) is 0 Å². The van der Waals surface area contributed by atoms with Crippen LogP contribution in [0.4, 0.5) is 5.69 Å². The van der Waals surface area contributed by atoms with Gasteiger partial charge in [-0.15, -0.1) is 11.3 Å². The zero-order valence-electron chi connectivity index (χ0n) is 10.8. The first-order valence-electron chi connectivity index (χ1n) is 5.90. The molecule has 4 heteroatoms. The first kappa shape index (κ1) is 13.4. The van der Waals surface area contributed by atoms with Gasteiger partial charge in [0, 0.05) is 10.8 Å². The summed E-state index contributed by atoms with van der Waals surface area (Å²) in [5, 5.41) is 7.31. The lowest BCUT2D eigenvalue weighted by molar-refractivity contribution is 0.583. The molecule has 0 fully saturated rings. The van der Waals surface area contributed by atoms with E-state index in [0.717, 1.165) is 16.4 Å². The number of hydrogen-bond donors (Lipinski definition) is 1. The standard InChI is InChI=1S/C14H17ClN2S/c1-14(2,3)13-17-10(9-18-13)8-16-12-7-5-4-6-11(12)15/h4-7,9,16H,8H2,1-3H3. The van der Waals surface area contributed by atoms with Crippen molar-refractivity contribution < 1.29 is 0 Å². The molecule has 0 amide bonds. The van der Waals surface area contributed by atoms with Crippen molar-refractivity contribution in [1.29, 1.82) is 0 Å². The third kappa shape index (κ3) is 3.24. The van der Waals surface area contributed by atoms with E-state index in [0.29, 0.717) is 6.54 Å². The zero-order valence-corrected chi connectivity index (χ0v) is 12.4. The number of thiazole rings is 1. The molecule has 0 radical (unpaired) electrons. The average Bonchev–Trinajstić information content (AvgIpc) is 2.76. The minimum absolute atomic E-state index is 0.118. The number of anilines is 1. The van der Waals surface area contributed by atoms with Gasteiger partial charge in [-0.1, -0.05) is 44.5 Å². The Balaban J connectivity index is 2.03. The molecule has 0 bridgehead atoms. The van der Waals surface area contributed by atoms with Crippen LogP contribution in [0.5, 0.6) is 0 Å². The molecule has 0 aliphatic carbocycles. The van der Waals surface area contributed by atoms with Crippen molar-refractivity contribution in [1.82, 2.24) is 4.98 Å². The third-order valence-electron chi connectivity index (χ3n) is 2.53. The molecule has 1 aromatic heterocycles. The molecular weight excluding hydrogens is 264 g/mol. The first-order valence-corrected chi connectivity index (χ1v) is 7.16. The van der Waals surface area contributed by atoms with Crippen LogP contribution >= 0.6 is 22.9 Å². The summed E-state index contributed by atoms with van der Waals surface area (Å²) in [6.45, 7) is 7.24. The number of benzene rings is 1. The molecule has 0 aliphatic heterocycles. The molecule has 18 heavy (non-hydrogen) atoms. The molecule has 2 rings (SSSR count). The Hall–Kier alpha value is -1.06. The summed E-state index contributed by atoms with van der Waals surface area (Å²) in [6.07, 6.45) is 0. The van der Waals surface area contributed by atoms with Gasteiger partial charge in [0.1, 0.15) is 0 Å². The summed E-state index contributed by atoms with van der Waals surface area (Å²) < 4.78 is 0. The lowest BCUT2D eigenvalue weighted by atomic mass is 9.98. The number of hydrogen-bond acceptors (Lipinski definition) is 3. The maximum absolute atomic E-state index is 6.09. The number of aromatic nitrogens is 1. The molecule has 2 aromatic rings. The Morgan fingerprint density at radius 1 is 1.28 bits per heavy atom. The van der Waals surface area contributed by atoms with Gasteiger partial charge < -0.3 is 5.32 Å². The summed E-state index contributed by atoms with van der Waals surface area (Å²) in [6, 6.07) is 7.74. The molecule has 0 spiro atoms. The van der Waals surface area contributed by atoms with Crippen molar-refractivity contribution in [2.24, 2.45) is 0 Å². The van der Waals surface area contributed by atoms with E-state index in [1.54, 1.807) is 11.3 Å². The van der Waals surface area contributed by atoms with Crippen molar-refractivity contribution in [3.05, 3.63) is 45.4 Å². The van der Waals surface area contributed by atoms with Gasteiger partial charge in [-0.2, -0.15) is 0 Å². The van der Waals surface area contributed by atoms with Gasteiger partial charge in [-0.05, 0) is 12.1 Å². The summed E-state index contributed by atoms with van der Waals surface area (Å²) in [4.78, 5) is 4.64. The second-order valence-corrected chi connectivity index (χ2v) is 6.49. The lowest BCUT2D eigenvalue weighted by Gasteiger charge is -2.13. The molecule has 1 heterocycles. The van der Waals surface area contributed by atoms with Gasteiger partial charge in [0.15, 0.2) is 0 Å². The van der Waals surface area contributed by atoms with Crippen LogP contribution in [0.1, 0.15) is 31.5 Å². The van der Waals surface area contributed by atoms with E-state index in [-0.39, 0.29) is 5.41 Å². The highest BCUT2D eigenvalue weighted by molar-refractivity contribution is 7.09. The van der Waals surface area contributed by atoms with E-state index in [4.69, 9.17) is 11.6 Å². The van der Waals surface area contributed by atoms with Crippen molar-refractivity contribution in [2.75, 3.05) is 5.32 Å². The Morgan fingerprint density at radius 2 is 2.00 bits per heavy atom. The molecule has 0 aliphatic rings. The van der Waals surface area contributed by atoms with Gasteiger partial charge in [0.2, 0.25) is 0 Å². The predicted molar refractivity (Wildman–Crippen MR) is 79.6 cm³/mol. The highest BCUT2D eigenvalue weighted by Gasteiger charge is 2.17. The van der Waals surface area contributed by atoms with Gasteiger partial charge >= 0.3 is 0 Å². The lowest BCUT2D eigenvalue weighted by Crippen LogP contribution is -2.11. The zero-order chi connectivity index (χ0) is 13.2. The molecule has 2 nitrogen and oxygen atoms in total. The Kier molecular flexibility index (Phi) is 3.93. The second-order valence-electron chi connectivity index (χ2n) is 5.23. The van der Waals surface area contributed by atoms with E-state index >= 15 is 0 Å². The number of para-hydroxylation sites is 1. The SMILES string of the molecule is CC(C)(C)c1nc(CNc2ccccc2Cl)cs1. The van der Waals surface area contributed by atoms with E-state index in [1.807, 2.05) is 24.3 Å². The Morgan fingerprint density at radius 3 is 2.61 bits per heavy atom. The monoisotopic (exact) mass is 280 g/mol. The van der Waals surface area contributed by atoms with Crippen LogP contribution in [-0.2, 0) is 12.0 Å². The van der Waals surface area contributed by atoms with Crippen molar-refractivity contribution >= 4 is 28.6 Å². The molecule has 0 unspecified atom stereocenters. The number of rotatable bonds is 3. The highest BCUT2D eigenvalue weighted by atomic mass is 35.5. The first-order chi connectivity index (χ1) is 8.47.